The minimum atomic E-state index is -0.680. The molecule has 2 aromatic rings. The summed E-state index contributed by atoms with van der Waals surface area (Å²) >= 11 is 1.57. The van der Waals surface area contributed by atoms with Crippen molar-refractivity contribution in [3.63, 3.8) is 0 Å². The number of hydrogen-bond donors (Lipinski definition) is 1. The zero-order chi connectivity index (χ0) is 16.3. The molecule has 1 aromatic heterocycles. The normalized spacial score (nSPS) is 10.9. The first-order valence-electron chi connectivity index (χ1n) is 6.53. The summed E-state index contributed by atoms with van der Waals surface area (Å²) in [6.07, 6.45) is 0. The maximum atomic E-state index is 11.2. The first-order chi connectivity index (χ1) is 10.4. The molecule has 2 N–H and O–H groups in total. The molecule has 0 fully saturated rings. The van der Waals surface area contributed by atoms with Crippen molar-refractivity contribution in [1.29, 1.82) is 0 Å². The third-order valence-electron chi connectivity index (χ3n) is 3.11. The van der Waals surface area contributed by atoms with Crippen molar-refractivity contribution in [2.45, 2.75) is 20.0 Å². The number of aromatic nitrogens is 1. The number of thiazole rings is 1. The van der Waals surface area contributed by atoms with Gasteiger partial charge in [0.25, 0.3) is 5.69 Å². The largest absolute Gasteiger partial charge is 0.366 e. The van der Waals surface area contributed by atoms with E-state index in [9.17, 15) is 14.9 Å². The Labute approximate surface area is 131 Å². The molecule has 0 spiro atoms. The lowest BCUT2D eigenvalue weighted by Crippen LogP contribution is -2.19. The molecule has 1 amide bonds. The minimum absolute atomic E-state index is 0.0994. The number of carbonyl (C=O) groups excluding carboxylic acids is 1. The quantitative estimate of drug-likeness (QED) is 0.648. The Bertz CT molecular complexity index is 714. The van der Waals surface area contributed by atoms with E-state index in [0.717, 1.165) is 10.7 Å². The summed E-state index contributed by atoms with van der Waals surface area (Å²) in [5.41, 5.74) is 6.66. The van der Waals surface area contributed by atoms with Crippen molar-refractivity contribution in [3.8, 4) is 0 Å². The smallest absolute Gasteiger partial charge is 0.274 e. The number of nitrogens with zero attached hydrogens (tertiary/aromatic N) is 3. The van der Waals surface area contributed by atoms with E-state index >= 15 is 0 Å². The first kappa shape index (κ1) is 16.1. The molecular weight excluding hydrogens is 304 g/mol. The van der Waals surface area contributed by atoms with E-state index in [1.165, 1.54) is 12.1 Å². The second-order valence-corrected chi connectivity index (χ2v) is 6.06. The van der Waals surface area contributed by atoms with Crippen LogP contribution in [0.3, 0.4) is 0 Å². The lowest BCUT2D eigenvalue weighted by molar-refractivity contribution is -0.385. The second kappa shape index (κ2) is 6.63. The van der Waals surface area contributed by atoms with Crippen molar-refractivity contribution < 1.29 is 9.72 Å². The number of aryl methyl sites for hydroxylation is 1. The molecule has 2 rings (SSSR count). The van der Waals surface area contributed by atoms with Crippen molar-refractivity contribution in [2.24, 2.45) is 5.73 Å². The Balaban J connectivity index is 2.17. The maximum absolute atomic E-state index is 11.2. The molecule has 0 radical (unpaired) electrons. The van der Waals surface area contributed by atoms with Crippen LogP contribution in [0.5, 0.6) is 0 Å². The van der Waals surface area contributed by atoms with Crippen molar-refractivity contribution >= 4 is 22.9 Å². The van der Waals surface area contributed by atoms with E-state index in [1.807, 2.05) is 24.3 Å². The Morgan fingerprint density at radius 1 is 1.45 bits per heavy atom. The number of amides is 1. The monoisotopic (exact) mass is 320 g/mol. The van der Waals surface area contributed by atoms with Gasteiger partial charge in [-0.25, -0.2) is 4.98 Å². The summed E-state index contributed by atoms with van der Waals surface area (Å²) < 4.78 is 0. The Kier molecular flexibility index (Phi) is 4.84. The van der Waals surface area contributed by atoms with Crippen LogP contribution in [0.15, 0.2) is 23.6 Å². The molecule has 0 unspecified atom stereocenters. The summed E-state index contributed by atoms with van der Waals surface area (Å²) in [5, 5.41) is 14.1. The molecule has 8 heteroatoms. The Hall–Kier alpha value is -2.32. The maximum Gasteiger partial charge on any atom is 0.274 e. The second-order valence-electron chi connectivity index (χ2n) is 5.00. The van der Waals surface area contributed by atoms with Gasteiger partial charge in [-0.3, -0.25) is 19.8 Å². The molecule has 22 heavy (non-hydrogen) atoms. The molecule has 7 nitrogen and oxygen atoms in total. The van der Waals surface area contributed by atoms with Crippen molar-refractivity contribution in [2.75, 3.05) is 7.05 Å². The predicted molar refractivity (Wildman–Crippen MR) is 83.6 cm³/mol. The average molecular weight is 320 g/mol. The number of primary amides is 1. The van der Waals surface area contributed by atoms with Gasteiger partial charge in [0.2, 0.25) is 5.91 Å². The van der Waals surface area contributed by atoms with Gasteiger partial charge in [-0.2, -0.15) is 0 Å². The van der Waals surface area contributed by atoms with Gasteiger partial charge in [0, 0.05) is 35.7 Å². The average Bonchev–Trinajstić information content (AvgIpc) is 2.83. The fourth-order valence-corrected chi connectivity index (χ4v) is 2.73. The molecule has 0 saturated heterocycles. The van der Waals surface area contributed by atoms with Crippen molar-refractivity contribution in [1.82, 2.24) is 9.88 Å². The van der Waals surface area contributed by atoms with Crippen LogP contribution in [0.1, 0.15) is 26.6 Å². The van der Waals surface area contributed by atoms with Gasteiger partial charge in [0.1, 0.15) is 0 Å². The number of rotatable bonds is 6. The lowest BCUT2D eigenvalue weighted by Gasteiger charge is -2.15. The highest BCUT2D eigenvalue weighted by Crippen LogP contribution is 2.22. The fourth-order valence-electron chi connectivity index (χ4n) is 2.12. The number of hydrogen-bond acceptors (Lipinski definition) is 6. The summed E-state index contributed by atoms with van der Waals surface area (Å²) in [4.78, 5) is 28.1. The highest BCUT2D eigenvalue weighted by molar-refractivity contribution is 7.09. The Morgan fingerprint density at radius 3 is 2.73 bits per heavy atom. The number of carbonyl (C=O) groups is 1. The van der Waals surface area contributed by atoms with Gasteiger partial charge in [-0.15, -0.1) is 11.3 Å². The van der Waals surface area contributed by atoms with Gasteiger partial charge >= 0.3 is 0 Å². The van der Waals surface area contributed by atoms with Gasteiger partial charge in [0.05, 0.1) is 15.6 Å². The number of nitrogens with two attached hydrogens (primary N) is 1. The van der Waals surface area contributed by atoms with Gasteiger partial charge in [-0.05, 0) is 20.0 Å². The number of benzene rings is 1. The summed E-state index contributed by atoms with van der Waals surface area (Å²) in [7, 11) is 1.86. The highest BCUT2D eigenvalue weighted by atomic mass is 32.1. The molecular formula is C14H16N4O3S. The van der Waals surface area contributed by atoms with Crippen LogP contribution in [0.2, 0.25) is 0 Å². The minimum Gasteiger partial charge on any atom is -0.366 e. The third kappa shape index (κ3) is 3.86. The summed E-state index contributed by atoms with van der Waals surface area (Å²) in [6.45, 7) is 2.91. The number of nitro benzene ring substituents is 1. The molecule has 0 aliphatic heterocycles. The van der Waals surface area contributed by atoms with Crippen molar-refractivity contribution in [3.05, 3.63) is 55.5 Å². The third-order valence-corrected chi connectivity index (χ3v) is 3.93. The zero-order valence-electron chi connectivity index (χ0n) is 12.3. The van der Waals surface area contributed by atoms with Gasteiger partial charge in [-0.1, -0.05) is 6.07 Å². The molecule has 0 atom stereocenters. The van der Waals surface area contributed by atoms with E-state index in [2.05, 4.69) is 4.98 Å². The first-order valence-corrected chi connectivity index (χ1v) is 7.41. The van der Waals surface area contributed by atoms with E-state index in [-0.39, 0.29) is 11.3 Å². The summed E-state index contributed by atoms with van der Waals surface area (Å²) in [6, 6.07) is 4.30. The highest BCUT2D eigenvalue weighted by Gasteiger charge is 2.18. The van der Waals surface area contributed by atoms with E-state index < -0.39 is 10.8 Å². The van der Waals surface area contributed by atoms with Crippen LogP contribution in [0.25, 0.3) is 0 Å². The van der Waals surface area contributed by atoms with Crippen LogP contribution in [-0.4, -0.2) is 27.8 Å². The van der Waals surface area contributed by atoms with Gasteiger partial charge in [0.15, 0.2) is 0 Å². The van der Waals surface area contributed by atoms with E-state index in [0.29, 0.717) is 18.7 Å². The van der Waals surface area contributed by atoms with Crippen LogP contribution < -0.4 is 5.73 Å². The standard InChI is InChI=1S/C14H16N4O3S/c1-9-16-12(8-22-9)7-17(2)6-11-4-3-10(14(15)19)5-13(11)18(20)21/h3-5,8H,6-7H2,1-2H3,(H2,15,19). The zero-order valence-corrected chi connectivity index (χ0v) is 13.1. The summed E-state index contributed by atoms with van der Waals surface area (Å²) in [5.74, 6) is -0.680. The molecule has 0 aliphatic rings. The topological polar surface area (TPSA) is 102 Å². The van der Waals surface area contributed by atoms with Crippen LogP contribution in [0, 0.1) is 17.0 Å². The molecule has 116 valence electrons. The van der Waals surface area contributed by atoms with Gasteiger partial charge < -0.3 is 5.73 Å². The molecule has 1 heterocycles. The van der Waals surface area contributed by atoms with Crippen LogP contribution in [-0.2, 0) is 13.1 Å². The fraction of sp³-hybridized carbons (Fsp3) is 0.286. The molecule has 0 saturated carbocycles. The molecule has 1 aromatic carbocycles. The Morgan fingerprint density at radius 2 is 2.18 bits per heavy atom. The lowest BCUT2D eigenvalue weighted by atomic mass is 10.1. The van der Waals surface area contributed by atoms with E-state index in [1.54, 1.807) is 17.4 Å². The molecule has 0 aliphatic carbocycles. The van der Waals surface area contributed by atoms with E-state index in [4.69, 9.17) is 5.73 Å². The predicted octanol–water partition coefficient (Wildman–Crippen LogP) is 2.09. The van der Waals surface area contributed by atoms with Crippen LogP contribution >= 0.6 is 11.3 Å². The molecule has 0 bridgehead atoms. The number of nitro groups is 1. The van der Waals surface area contributed by atoms with Crippen LogP contribution in [0.4, 0.5) is 5.69 Å². The SMILES string of the molecule is Cc1nc(CN(C)Cc2ccc(C(N)=O)cc2[N+](=O)[O-])cs1.